The van der Waals surface area contributed by atoms with Crippen LogP contribution in [0, 0.1) is 0 Å². The number of fused-ring (bicyclic) bond motifs is 14. The summed E-state index contributed by atoms with van der Waals surface area (Å²) in [6, 6.07) is 137. The van der Waals surface area contributed by atoms with Crippen molar-refractivity contribution in [3.05, 3.63) is 376 Å². The average Bonchev–Trinajstić information content (AvgIpc) is 1.49. The van der Waals surface area contributed by atoms with Crippen molar-refractivity contribution in [1.29, 1.82) is 0 Å². The molecule has 18 aromatic carbocycles. The summed E-state index contributed by atoms with van der Waals surface area (Å²) in [5.41, 5.74) is 16.9. The van der Waals surface area contributed by atoms with Crippen LogP contribution >= 0.6 is 22.7 Å². The topological polar surface area (TPSA) is 6.48 Å². The fourth-order valence-electron chi connectivity index (χ4n) is 15.3. The molecule has 0 radical (unpaired) electrons. The minimum Gasteiger partial charge on any atom is -0.308 e. The lowest BCUT2D eigenvalue weighted by atomic mass is 9.97. The lowest BCUT2D eigenvalue weighted by molar-refractivity contribution is 1.32. The lowest BCUT2D eigenvalue weighted by Gasteiger charge is -2.28. The zero-order chi connectivity index (χ0) is 66.0. The van der Waals surface area contributed by atoms with E-state index in [9.17, 15) is 0 Å². The Hall–Kier alpha value is -12.4. The van der Waals surface area contributed by atoms with Crippen LogP contribution in [0.2, 0.25) is 0 Å². The third kappa shape index (κ3) is 10.2. The van der Waals surface area contributed by atoms with Gasteiger partial charge in [0.05, 0.1) is 32.1 Å². The minimum absolute atomic E-state index is 1.13. The van der Waals surface area contributed by atoms with Crippen molar-refractivity contribution in [2.75, 3.05) is 9.80 Å². The van der Waals surface area contributed by atoms with Crippen molar-refractivity contribution < 1.29 is 0 Å². The van der Waals surface area contributed by atoms with Crippen LogP contribution in [-0.2, 0) is 0 Å². The Morgan fingerprint density at radius 2 is 0.500 bits per heavy atom. The molecule has 20 aromatic rings. The summed E-state index contributed by atoms with van der Waals surface area (Å²) in [6.45, 7) is 0. The highest BCUT2D eigenvalue weighted by molar-refractivity contribution is 7.27. The standard InChI is InChI=1S/2C48H31NS/c1-2-13-33(14-3-1)40-23-11-24-43-44-25-12-26-45(48(44)50-47(40)43)49(46-31-35-16-5-7-19-39(35)41-20-8-9-21-42(41)46)36-29-27-34(28-30-36)38-22-10-17-32-15-4-6-18-37(32)38;1-2-13-34(14-3-1)40-20-10-21-43-44-22-11-23-45(48(44)50-47(40)43)49(46-31-37-16-6-7-17-39(37)41-18-8-9-19-42(41)46)38-28-26-33(27-29-38)36-25-24-32-12-4-5-15-35(32)30-36/h2*1-31H. The SMILES string of the molecule is c1ccc(-c2cccc3c2sc2c(N(c4ccc(-c5ccc6ccccc6c5)cc4)c4cc5ccccc5c5ccccc45)cccc23)cc1.c1ccc(-c2cccc3c2sc2c(N(c4ccc(-c5cccc6ccccc56)cc4)c4cc5ccccc5c5ccccc45)cccc23)cc1. The van der Waals surface area contributed by atoms with E-state index < -0.39 is 0 Å². The highest BCUT2D eigenvalue weighted by atomic mass is 32.1. The van der Waals surface area contributed by atoms with E-state index in [-0.39, 0.29) is 0 Å². The Morgan fingerprint density at radius 1 is 0.160 bits per heavy atom. The Bertz CT molecular complexity index is 6520. The Labute approximate surface area is 588 Å². The monoisotopic (exact) mass is 1310 g/mol. The molecule has 0 spiro atoms. The van der Waals surface area contributed by atoms with E-state index in [0.717, 1.165) is 11.4 Å². The van der Waals surface area contributed by atoms with Gasteiger partial charge < -0.3 is 9.80 Å². The third-order valence-electron chi connectivity index (χ3n) is 20.1. The van der Waals surface area contributed by atoms with Crippen molar-refractivity contribution >= 4 is 162 Å². The largest absolute Gasteiger partial charge is 0.308 e. The molecule has 0 aliphatic heterocycles. The molecule has 2 nitrogen and oxygen atoms in total. The second-order valence-electron chi connectivity index (χ2n) is 25.8. The molecule has 0 N–H and O–H groups in total. The van der Waals surface area contributed by atoms with Gasteiger partial charge in [-0.25, -0.2) is 0 Å². The molecule has 0 saturated heterocycles. The van der Waals surface area contributed by atoms with Gasteiger partial charge in [0.15, 0.2) is 0 Å². The first-order valence-electron chi connectivity index (χ1n) is 34.2. The van der Waals surface area contributed by atoms with Crippen molar-refractivity contribution in [2.24, 2.45) is 0 Å². The quantitative estimate of drug-likeness (QED) is 0.126. The maximum atomic E-state index is 2.49. The second kappa shape index (κ2) is 24.9. The predicted octanol–water partition coefficient (Wildman–Crippen LogP) is 28.6. The summed E-state index contributed by atoms with van der Waals surface area (Å²) in [5.74, 6) is 0. The number of benzene rings is 18. The maximum Gasteiger partial charge on any atom is 0.0640 e. The van der Waals surface area contributed by atoms with Gasteiger partial charge in [0.2, 0.25) is 0 Å². The summed E-state index contributed by atoms with van der Waals surface area (Å²) in [6.07, 6.45) is 0. The molecule has 0 amide bonds. The highest BCUT2D eigenvalue weighted by Crippen LogP contribution is 2.52. The summed E-state index contributed by atoms with van der Waals surface area (Å²) in [7, 11) is 0. The summed E-state index contributed by atoms with van der Waals surface area (Å²) in [4.78, 5) is 4.97. The van der Waals surface area contributed by atoms with Gasteiger partial charge in [-0.2, -0.15) is 0 Å². The molecule has 0 bridgehead atoms. The molecule has 2 heterocycles. The summed E-state index contributed by atoms with van der Waals surface area (Å²) < 4.78 is 5.19. The van der Waals surface area contributed by atoms with Gasteiger partial charge in [-0.15, -0.1) is 22.7 Å². The Balaban J connectivity index is 0.000000139. The molecule has 0 aliphatic carbocycles. The van der Waals surface area contributed by atoms with E-state index in [1.165, 1.54) is 172 Å². The van der Waals surface area contributed by atoms with Crippen molar-refractivity contribution in [2.45, 2.75) is 0 Å². The van der Waals surface area contributed by atoms with Gasteiger partial charge in [0.1, 0.15) is 0 Å². The number of thiophene rings is 2. The molecule has 0 saturated carbocycles. The molecule has 20 rings (SSSR count). The first kappa shape index (κ1) is 58.9. The number of nitrogens with zero attached hydrogens (tertiary/aromatic N) is 2. The van der Waals surface area contributed by atoms with Crippen LogP contribution < -0.4 is 9.80 Å². The van der Waals surface area contributed by atoms with Crippen LogP contribution in [0.15, 0.2) is 376 Å². The van der Waals surface area contributed by atoms with Crippen molar-refractivity contribution in [3.8, 4) is 44.5 Å². The van der Waals surface area contributed by atoms with E-state index in [4.69, 9.17) is 0 Å². The predicted molar refractivity (Wildman–Crippen MR) is 435 cm³/mol. The first-order valence-corrected chi connectivity index (χ1v) is 35.8. The fourth-order valence-corrected chi connectivity index (χ4v) is 18.0. The van der Waals surface area contributed by atoms with Crippen LogP contribution in [0.3, 0.4) is 0 Å². The van der Waals surface area contributed by atoms with Crippen LogP contribution in [0.25, 0.3) is 149 Å². The average molecular weight is 1310 g/mol. The molecule has 0 fully saturated rings. The highest BCUT2D eigenvalue weighted by Gasteiger charge is 2.25. The van der Waals surface area contributed by atoms with Crippen LogP contribution in [0.5, 0.6) is 0 Å². The molecular weight excluding hydrogens is 1250 g/mol. The van der Waals surface area contributed by atoms with E-state index in [2.05, 4.69) is 386 Å². The maximum absolute atomic E-state index is 2.49. The second-order valence-corrected chi connectivity index (χ2v) is 27.8. The molecule has 2 aromatic heterocycles. The van der Waals surface area contributed by atoms with E-state index in [0.29, 0.717) is 0 Å². The zero-order valence-electron chi connectivity index (χ0n) is 54.5. The summed E-state index contributed by atoms with van der Waals surface area (Å²) in [5, 5.41) is 20.2. The van der Waals surface area contributed by atoms with Crippen LogP contribution in [-0.4, -0.2) is 0 Å². The Morgan fingerprint density at radius 3 is 1.01 bits per heavy atom. The molecule has 0 unspecified atom stereocenters. The van der Waals surface area contributed by atoms with Crippen molar-refractivity contribution in [3.63, 3.8) is 0 Å². The summed E-state index contributed by atoms with van der Waals surface area (Å²) >= 11 is 3.79. The van der Waals surface area contributed by atoms with Gasteiger partial charge in [-0.3, -0.25) is 0 Å². The molecule has 100 heavy (non-hydrogen) atoms. The number of anilines is 6. The van der Waals surface area contributed by atoms with E-state index in [1.54, 1.807) is 0 Å². The molecular formula is C96H62N2S2. The molecule has 0 aliphatic rings. The van der Waals surface area contributed by atoms with Crippen LogP contribution in [0.1, 0.15) is 0 Å². The van der Waals surface area contributed by atoms with Crippen molar-refractivity contribution in [1.82, 2.24) is 0 Å². The fraction of sp³-hybridized carbons (Fsp3) is 0. The third-order valence-corrected chi connectivity index (χ3v) is 22.6. The number of rotatable bonds is 10. The van der Waals surface area contributed by atoms with Gasteiger partial charge in [0, 0.05) is 53.1 Å². The van der Waals surface area contributed by atoms with E-state index >= 15 is 0 Å². The van der Waals surface area contributed by atoms with Gasteiger partial charge >= 0.3 is 0 Å². The number of hydrogen-bond acceptors (Lipinski definition) is 4. The minimum atomic E-state index is 1.13. The van der Waals surface area contributed by atoms with Crippen LogP contribution in [0.4, 0.5) is 34.1 Å². The van der Waals surface area contributed by atoms with E-state index in [1.807, 2.05) is 22.7 Å². The lowest BCUT2D eigenvalue weighted by Crippen LogP contribution is -2.10. The van der Waals surface area contributed by atoms with Gasteiger partial charge in [0.25, 0.3) is 0 Å². The smallest absolute Gasteiger partial charge is 0.0640 e. The normalized spacial score (nSPS) is 11.6. The van der Waals surface area contributed by atoms with Gasteiger partial charge in [-0.1, -0.05) is 322 Å². The zero-order valence-corrected chi connectivity index (χ0v) is 56.1. The van der Waals surface area contributed by atoms with Gasteiger partial charge in [-0.05, 0) is 153 Å². The molecule has 4 heteroatoms. The molecule has 468 valence electrons. The first-order chi connectivity index (χ1) is 49.6. The molecule has 0 atom stereocenters. The Kier molecular flexibility index (Phi) is 14.7. The number of hydrogen-bond donors (Lipinski definition) is 0.